The minimum atomic E-state index is -0.294. The molecule has 2 aromatic heterocycles. The molecule has 0 saturated carbocycles. The molecule has 1 N–H and O–H groups in total. The first-order chi connectivity index (χ1) is 13.6. The molecule has 8 nitrogen and oxygen atoms in total. The first-order valence-electron chi connectivity index (χ1n) is 8.79. The summed E-state index contributed by atoms with van der Waals surface area (Å²) in [5.74, 6) is -0.294. The molecule has 0 aliphatic rings. The molecular weight excluding hydrogens is 356 g/mol. The fourth-order valence-corrected chi connectivity index (χ4v) is 3.11. The molecule has 4 rings (SSSR count). The molecule has 0 aliphatic heterocycles. The van der Waals surface area contributed by atoms with Crippen LogP contribution in [0.5, 0.6) is 0 Å². The number of benzene rings is 2. The number of fused-ring (bicyclic) bond motifs is 1. The lowest BCUT2D eigenvalue weighted by Crippen LogP contribution is -2.34. The van der Waals surface area contributed by atoms with E-state index in [1.165, 1.54) is 11.0 Å². The molecule has 2 heterocycles. The second-order valence-electron chi connectivity index (χ2n) is 6.34. The van der Waals surface area contributed by atoms with E-state index in [1.807, 2.05) is 43.3 Å². The average molecular weight is 374 g/mol. The maximum Gasteiger partial charge on any atom is 0.275 e. The molecule has 0 fully saturated rings. The Morgan fingerprint density at radius 1 is 1.07 bits per heavy atom. The number of amides is 1. The molecule has 0 atom stereocenters. The number of para-hydroxylation sites is 1. The Kier molecular flexibility index (Phi) is 4.67. The molecule has 4 aromatic rings. The van der Waals surface area contributed by atoms with Crippen LogP contribution in [0.15, 0.2) is 66.0 Å². The summed E-state index contributed by atoms with van der Waals surface area (Å²) in [5.41, 5.74) is 2.15. The molecule has 0 radical (unpaired) electrons. The number of nitrogens with zero attached hydrogens (tertiary/aromatic N) is 5. The maximum absolute atomic E-state index is 12.6. The van der Waals surface area contributed by atoms with Crippen LogP contribution in [0.4, 0.5) is 0 Å². The lowest BCUT2D eigenvalue weighted by molar-refractivity contribution is -0.122. The number of carbonyl (C=O) groups excluding carboxylic acids is 1. The summed E-state index contributed by atoms with van der Waals surface area (Å²) in [4.78, 5) is 29.0. The first-order valence-corrected chi connectivity index (χ1v) is 8.79. The van der Waals surface area contributed by atoms with Crippen LogP contribution in [0.1, 0.15) is 11.3 Å². The van der Waals surface area contributed by atoms with Crippen LogP contribution in [0, 0.1) is 6.92 Å². The second kappa shape index (κ2) is 7.43. The van der Waals surface area contributed by atoms with Crippen molar-refractivity contribution in [1.29, 1.82) is 0 Å². The third-order valence-electron chi connectivity index (χ3n) is 4.48. The first kappa shape index (κ1) is 17.6. The molecular formula is C20H18N6O2. The van der Waals surface area contributed by atoms with Crippen LogP contribution in [0.25, 0.3) is 16.5 Å². The van der Waals surface area contributed by atoms with Gasteiger partial charge in [-0.3, -0.25) is 9.59 Å². The Morgan fingerprint density at radius 2 is 1.82 bits per heavy atom. The topological polar surface area (TPSA) is 94.7 Å². The fraction of sp³-hybridized carbons (Fsp3) is 0.150. The van der Waals surface area contributed by atoms with Crippen LogP contribution in [0.2, 0.25) is 0 Å². The summed E-state index contributed by atoms with van der Waals surface area (Å²) < 4.78 is 2.84. The summed E-state index contributed by atoms with van der Waals surface area (Å²) in [7, 11) is 0. The largest absolute Gasteiger partial charge is 0.350 e. The molecule has 0 spiro atoms. The van der Waals surface area contributed by atoms with Gasteiger partial charge in [0.2, 0.25) is 5.91 Å². The highest BCUT2D eigenvalue weighted by molar-refractivity contribution is 5.83. The molecule has 0 saturated heterocycles. The molecule has 1 amide bonds. The zero-order chi connectivity index (χ0) is 19.5. The predicted octanol–water partition coefficient (Wildman–Crippen LogP) is 1.60. The number of hydrogen-bond donors (Lipinski definition) is 1. The Hall–Kier alpha value is -3.81. The summed E-state index contributed by atoms with van der Waals surface area (Å²) in [5, 5.41) is 12.6. The van der Waals surface area contributed by atoms with Crippen LogP contribution >= 0.6 is 0 Å². The van der Waals surface area contributed by atoms with Gasteiger partial charge in [0.15, 0.2) is 0 Å². The van der Waals surface area contributed by atoms with Crippen molar-refractivity contribution in [2.24, 2.45) is 0 Å². The predicted molar refractivity (Wildman–Crippen MR) is 104 cm³/mol. The SMILES string of the molecule is Cc1nn(CC(=O)NCc2ccccc2-n2cncn2)c(=O)c2ccccc12. The lowest BCUT2D eigenvalue weighted by atomic mass is 10.1. The van der Waals surface area contributed by atoms with Gasteiger partial charge in [-0.1, -0.05) is 36.4 Å². The van der Waals surface area contributed by atoms with Gasteiger partial charge in [0, 0.05) is 11.9 Å². The van der Waals surface area contributed by atoms with Gasteiger partial charge >= 0.3 is 0 Å². The molecule has 28 heavy (non-hydrogen) atoms. The van der Waals surface area contributed by atoms with E-state index in [9.17, 15) is 9.59 Å². The number of hydrogen-bond acceptors (Lipinski definition) is 5. The summed E-state index contributed by atoms with van der Waals surface area (Å²) >= 11 is 0. The number of aryl methyl sites for hydroxylation is 1. The summed E-state index contributed by atoms with van der Waals surface area (Å²) in [6, 6.07) is 14.8. The summed E-state index contributed by atoms with van der Waals surface area (Å²) in [6.45, 7) is 1.98. The standard InChI is InChI=1S/C20H18N6O2/c1-14-16-7-3-4-8-17(16)20(28)25(24-14)11-19(27)22-10-15-6-2-5-9-18(15)26-13-21-12-23-26/h2-9,12-13H,10-11H2,1H3,(H,22,27). The van der Waals surface area contributed by atoms with Crippen LogP contribution < -0.4 is 10.9 Å². The Balaban J connectivity index is 1.52. The van der Waals surface area contributed by atoms with Gasteiger partial charge in [-0.05, 0) is 24.6 Å². The molecule has 140 valence electrons. The zero-order valence-electron chi connectivity index (χ0n) is 15.2. The van der Waals surface area contributed by atoms with Crippen molar-refractivity contribution >= 4 is 16.7 Å². The van der Waals surface area contributed by atoms with Crippen molar-refractivity contribution in [1.82, 2.24) is 29.9 Å². The number of nitrogens with one attached hydrogen (secondary N) is 1. The van der Waals surface area contributed by atoms with Crippen molar-refractivity contribution in [2.75, 3.05) is 0 Å². The van der Waals surface area contributed by atoms with E-state index >= 15 is 0 Å². The van der Waals surface area contributed by atoms with Crippen molar-refractivity contribution < 1.29 is 4.79 Å². The molecule has 0 bridgehead atoms. The van der Waals surface area contributed by atoms with Crippen molar-refractivity contribution in [3.05, 3.63) is 82.8 Å². The average Bonchev–Trinajstić information content (AvgIpc) is 3.25. The van der Waals surface area contributed by atoms with Gasteiger partial charge in [0.1, 0.15) is 19.2 Å². The fourth-order valence-electron chi connectivity index (χ4n) is 3.11. The van der Waals surface area contributed by atoms with E-state index in [4.69, 9.17) is 0 Å². The number of carbonyl (C=O) groups is 1. The molecule has 2 aromatic carbocycles. The van der Waals surface area contributed by atoms with Crippen LogP contribution in [0.3, 0.4) is 0 Å². The molecule has 0 aliphatic carbocycles. The number of aromatic nitrogens is 5. The minimum Gasteiger partial charge on any atom is -0.350 e. The van der Waals surface area contributed by atoms with Gasteiger partial charge in [-0.2, -0.15) is 10.2 Å². The summed E-state index contributed by atoms with van der Waals surface area (Å²) in [6.07, 6.45) is 3.05. The normalized spacial score (nSPS) is 10.9. The maximum atomic E-state index is 12.6. The molecule has 8 heteroatoms. The van der Waals surface area contributed by atoms with E-state index in [0.717, 1.165) is 16.6 Å². The Labute approximate surface area is 160 Å². The smallest absolute Gasteiger partial charge is 0.275 e. The van der Waals surface area contributed by atoms with E-state index in [1.54, 1.807) is 23.1 Å². The Bertz CT molecular complexity index is 1200. The minimum absolute atomic E-state index is 0.143. The van der Waals surface area contributed by atoms with Crippen molar-refractivity contribution in [2.45, 2.75) is 20.0 Å². The van der Waals surface area contributed by atoms with Gasteiger partial charge in [-0.25, -0.2) is 14.3 Å². The van der Waals surface area contributed by atoms with Gasteiger partial charge in [0.05, 0.1) is 16.8 Å². The highest BCUT2D eigenvalue weighted by Crippen LogP contribution is 2.13. The lowest BCUT2D eigenvalue weighted by Gasteiger charge is -2.11. The van der Waals surface area contributed by atoms with Gasteiger partial charge < -0.3 is 5.32 Å². The Morgan fingerprint density at radius 3 is 2.61 bits per heavy atom. The van der Waals surface area contributed by atoms with E-state index in [-0.39, 0.29) is 18.0 Å². The third-order valence-corrected chi connectivity index (χ3v) is 4.48. The third kappa shape index (κ3) is 3.39. The highest BCUT2D eigenvalue weighted by atomic mass is 16.2. The van der Waals surface area contributed by atoms with E-state index in [0.29, 0.717) is 17.6 Å². The monoisotopic (exact) mass is 374 g/mol. The van der Waals surface area contributed by atoms with Crippen molar-refractivity contribution in [3.8, 4) is 5.69 Å². The van der Waals surface area contributed by atoms with E-state index < -0.39 is 0 Å². The van der Waals surface area contributed by atoms with Gasteiger partial charge in [-0.15, -0.1) is 0 Å². The van der Waals surface area contributed by atoms with Crippen LogP contribution in [-0.2, 0) is 17.9 Å². The second-order valence-corrected chi connectivity index (χ2v) is 6.34. The zero-order valence-corrected chi connectivity index (χ0v) is 15.2. The van der Waals surface area contributed by atoms with Crippen LogP contribution in [-0.4, -0.2) is 30.5 Å². The van der Waals surface area contributed by atoms with Gasteiger partial charge in [0.25, 0.3) is 5.56 Å². The highest BCUT2D eigenvalue weighted by Gasteiger charge is 2.12. The number of rotatable bonds is 5. The van der Waals surface area contributed by atoms with Crippen molar-refractivity contribution in [3.63, 3.8) is 0 Å². The molecule has 0 unspecified atom stereocenters. The van der Waals surface area contributed by atoms with E-state index in [2.05, 4.69) is 20.5 Å². The quantitative estimate of drug-likeness (QED) is 0.573.